The molecule has 0 heterocycles. The molecule has 0 saturated heterocycles. The Morgan fingerprint density at radius 1 is 1.11 bits per heavy atom. The quantitative estimate of drug-likeness (QED) is 0.712. The molecule has 1 N–H and O–H groups in total. The molecular formula is C14H10Br2ClNO. The molecular weight excluding hydrogens is 393 g/mol. The van der Waals surface area contributed by atoms with E-state index in [0.717, 1.165) is 15.7 Å². The van der Waals surface area contributed by atoms with Gasteiger partial charge in [-0.25, -0.2) is 0 Å². The van der Waals surface area contributed by atoms with Gasteiger partial charge in [-0.05, 0) is 52.7 Å². The van der Waals surface area contributed by atoms with Crippen LogP contribution in [-0.4, -0.2) is 5.91 Å². The van der Waals surface area contributed by atoms with Crippen LogP contribution in [0.1, 0.15) is 15.9 Å². The van der Waals surface area contributed by atoms with Crippen LogP contribution in [0.4, 0.5) is 5.69 Å². The molecule has 2 aromatic rings. The molecule has 0 atom stereocenters. The van der Waals surface area contributed by atoms with Gasteiger partial charge in [-0.3, -0.25) is 4.79 Å². The van der Waals surface area contributed by atoms with Crippen molar-refractivity contribution in [3.05, 3.63) is 61.5 Å². The third-order valence-corrected chi connectivity index (χ3v) is 4.87. The summed E-state index contributed by atoms with van der Waals surface area (Å²) in [6.45, 7) is 1.93. The zero-order valence-electron chi connectivity index (χ0n) is 10.0. The minimum Gasteiger partial charge on any atom is -0.322 e. The number of carbonyl (C=O) groups is 1. The lowest BCUT2D eigenvalue weighted by atomic mass is 10.1. The first-order valence-electron chi connectivity index (χ1n) is 5.51. The Balaban J connectivity index is 2.31. The lowest BCUT2D eigenvalue weighted by Gasteiger charge is -2.11. The maximum atomic E-state index is 12.2. The van der Waals surface area contributed by atoms with E-state index in [1.807, 2.05) is 25.1 Å². The number of benzene rings is 2. The number of amides is 1. The fourth-order valence-corrected chi connectivity index (χ4v) is 2.56. The highest BCUT2D eigenvalue weighted by molar-refractivity contribution is 9.10. The van der Waals surface area contributed by atoms with Crippen LogP contribution in [0.25, 0.3) is 0 Å². The van der Waals surface area contributed by atoms with E-state index in [1.54, 1.807) is 18.2 Å². The molecule has 0 spiro atoms. The molecule has 2 rings (SSSR count). The van der Waals surface area contributed by atoms with Gasteiger partial charge >= 0.3 is 0 Å². The fourth-order valence-electron chi connectivity index (χ4n) is 1.61. The first-order valence-corrected chi connectivity index (χ1v) is 7.47. The van der Waals surface area contributed by atoms with Gasteiger partial charge in [-0.1, -0.05) is 39.7 Å². The van der Waals surface area contributed by atoms with Crippen LogP contribution in [0.3, 0.4) is 0 Å². The second kappa shape index (κ2) is 6.07. The van der Waals surface area contributed by atoms with Gasteiger partial charge in [0, 0.05) is 14.6 Å². The molecule has 0 aliphatic heterocycles. The van der Waals surface area contributed by atoms with Crippen LogP contribution < -0.4 is 5.32 Å². The van der Waals surface area contributed by atoms with Gasteiger partial charge in [-0.15, -0.1) is 0 Å². The number of hydrogen-bond donors (Lipinski definition) is 1. The molecule has 19 heavy (non-hydrogen) atoms. The minimum atomic E-state index is -0.229. The SMILES string of the molecule is Cc1c(Br)cccc1NC(=O)c1cccc(Br)c1Cl. The van der Waals surface area contributed by atoms with Crippen LogP contribution in [0, 0.1) is 6.92 Å². The summed E-state index contributed by atoms with van der Waals surface area (Å²) in [5, 5.41) is 3.27. The molecule has 0 unspecified atom stereocenters. The summed E-state index contributed by atoms with van der Waals surface area (Å²) in [6.07, 6.45) is 0. The van der Waals surface area contributed by atoms with E-state index in [9.17, 15) is 4.79 Å². The number of carbonyl (C=O) groups excluding carboxylic acids is 1. The van der Waals surface area contributed by atoms with Crippen molar-refractivity contribution in [1.82, 2.24) is 0 Å². The topological polar surface area (TPSA) is 29.1 Å². The first-order chi connectivity index (χ1) is 9.00. The number of anilines is 1. The summed E-state index contributed by atoms with van der Waals surface area (Å²) in [5.41, 5.74) is 2.17. The average Bonchev–Trinajstić information content (AvgIpc) is 2.38. The van der Waals surface area contributed by atoms with Gasteiger partial charge in [0.05, 0.1) is 10.6 Å². The molecule has 0 saturated carbocycles. The molecule has 0 fully saturated rings. The standard InChI is InChI=1S/C14H10Br2ClNO/c1-8-10(15)5-3-7-12(8)18-14(19)9-4-2-6-11(16)13(9)17/h2-7H,1H3,(H,18,19). The molecule has 2 nitrogen and oxygen atoms in total. The number of rotatable bonds is 2. The number of halogens is 3. The fraction of sp³-hybridized carbons (Fsp3) is 0.0714. The van der Waals surface area contributed by atoms with Gasteiger partial charge in [0.15, 0.2) is 0 Å². The van der Waals surface area contributed by atoms with E-state index in [-0.39, 0.29) is 5.91 Å². The molecule has 5 heteroatoms. The lowest BCUT2D eigenvalue weighted by Crippen LogP contribution is -2.13. The summed E-state index contributed by atoms with van der Waals surface area (Å²) >= 11 is 12.8. The Kier molecular flexibility index (Phi) is 4.66. The Bertz CT molecular complexity index is 643. The van der Waals surface area contributed by atoms with E-state index in [0.29, 0.717) is 15.1 Å². The average molecular weight is 404 g/mol. The van der Waals surface area contributed by atoms with Gasteiger partial charge in [0.2, 0.25) is 0 Å². The van der Waals surface area contributed by atoms with E-state index in [2.05, 4.69) is 37.2 Å². The van der Waals surface area contributed by atoms with Crippen molar-refractivity contribution in [1.29, 1.82) is 0 Å². The maximum Gasteiger partial charge on any atom is 0.257 e. The predicted octanol–water partition coefficient (Wildman–Crippen LogP) is 5.43. The normalized spacial score (nSPS) is 10.3. The Hall–Kier alpha value is -0.840. The number of nitrogens with one attached hydrogen (secondary N) is 1. The van der Waals surface area contributed by atoms with Crippen LogP contribution in [0.2, 0.25) is 5.02 Å². The van der Waals surface area contributed by atoms with Crippen LogP contribution in [-0.2, 0) is 0 Å². The summed E-state index contributed by atoms with van der Waals surface area (Å²) < 4.78 is 1.65. The highest BCUT2D eigenvalue weighted by Crippen LogP contribution is 2.28. The second-order valence-electron chi connectivity index (χ2n) is 3.97. The van der Waals surface area contributed by atoms with Crippen molar-refractivity contribution in [3.63, 3.8) is 0 Å². The largest absolute Gasteiger partial charge is 0.322 e. The molecule has 0 aliphatic carbocycles. The van der Waals surface area contributed by atoms with Gasteiger partial charge < -0.3 is 5.32 Å². The minimum absolute atomic E-state index is 0.229. The van der Waals surface area contributed by atoms with Crippen molar-refractivity contribution in [2.75, 3.05) is 5.32 Å². The van der Waals surface area contributed by atoms with E-state index in [1.165, 1.54) is 0 Å². The van der Waals surface area contributed by atoms with E-state index >= 15 is 0 Å². The summed E-state index contributed by atoms with van der Waals surface area (Å²) in [4.78, 5) is 12.2. The van der Waals surface area contributed by atoms with Gasteiger partial charge in [0.25, 0.3) is 5.91 Å². The van der Waals surface area contributed by atoms with Crippen molar-refractivity contribution < 1.29 is 4.79 Å². The third kappa shape index (κ3) is 3.19. The molecule has 2 aromatic carbocycles. The Labute approximate surface area is 133 Å². The number of hydrogen-bond acceptors (Lipinski definition) is 1. The van der Waals surface area contributed by atoms with Crippen molar-refractivity contribution in [2.24, 2.45) is 0 Å². The Morgan fingerprint density at radius 2 is 1.74 bits per heavy atom. The van der Waals surface area contributed by atoms with Crippen molar-refractivity contribution >= 4 is 55.1 Å². The van der Waals surface area contributed by atoms with Crippen LogP contribution >= 0.6 is 43.5 Å². The van der Waals surface area contributed by atoms with Crippen molar-refractivity contribution in [2.45, 2.75) is 6.92 Å². The molecule has 1 amide bonds. The van der Waals surface area contributed by atoms with Gasteiger partial charge in [0.1, 0.15) is 0 Å². The zero-order chi connectivity index (χ0) is 14.0. The highest BCUT2D eigenvalue weighted by Gasteiger charge is 2.13. The van der Waals surface area contributed by atoms with E-state index in [4.69, 9.17) is 11.6 Å². The Morgan fingerprint density at radius 3 is 2.47 bits per heavy atom. The maximum absolute atomic E-state index is 12.2. The lowest BCUT2D eigenvalue weighted by molar-refractivity contribution is 0.102. The summed E-state index contributed by atoms with van der Waals surface area (Å²) in [7, 11) is 0. The smallest absolute Gasteiger partial charge is 0.257 e. The molecule has 0 bridgehead atoms. The molecule has 0 aromatic heterocycles. The molecule has 98 valence electrons. The van der Waals surface area contributed by atoms with Crippen LogP contribution in [0.5, 0.6) is 0 Å². The third-order valence-electron chi connectivity index (χ3n) is 2.71. The van der Waals surface area contributed by atoms with Crippen LogP contribution in [0.15, 0.2) is 45.3 Å². The molecule has 0 aliphatic rings. The van der Waals surface area contributed by atoms with Crippen molar-refractivity contribution in [3.8, 4) is 0 Å². The zero-order valence-corrected chi connectivity index (χ0v) is 13.9. The van der Waals surface area contributed by atoms with E-state index < -0.39 is 0 Å². The molecule has 0 radical (unpaired) electrons. The second-order valence-corrected chi connectivity index (χ2v) is 6.05. The van der Waals surface area contributed by atoms with Gasteiger partial charge in [-0.2, -0.15) is 0 Å². The monoisotopic (exact) mass is 401 g/mol. The summed E-state index contributed by atoms with van der Waals surface area (Å²) in [5.74, 6) is -0.229. The first kappa shape index (κ1) is 14.6. The predicted molar refractivity (Wildman–Crippen MR) is 86.0 cm³/mol. The highest BCUT2D eigenvalue weighted by atomic mass is 79.9. The summed E-state index contributed by atoms with van der Waals surface area (Å²) in [6, 6.07) is 10.9.